The average molecular weight is 342 g/mol. The molecule has 1 aliphatic carbocycles. The molecule has 1 saturated heterocycles. The molecule has 1 unspecified atom stereocenters. The molecule has 0 aromatic heterocycles. The summed E-state index contributed by atoms with van der Waals surface area (Å²) in [5.41, 5.74) is 2.51. The lowest BCUT2D eigenvalue weighted by molar-refractivity contribution is 0.0697. The molecule has 4 nitrogen and oxygen atoms in total. The number of hydrogen-bond acceptors (Lipinski definition) is 2. The van der Waals surface area contributed by atoms with E-state index in [1.807, 2.05) is 11.0 Å². The molecule has 0 saturated carbocycles. The minimum Gasteiger partial charge on any atom is -0.478 e. The summed E-state index contributed by atoms with van der Waals surface area (Å²) in [6, 6.07) is 7.25. The number of thiocarbonyl (C=S) groups is 1. The highest BCUT2D eigenvalue weighted by atomic mass is 32.1. The predicted molar refractivity (Wildman–Crippen MR) is 101 cm³/mol. The van der Waals surface area contributed by atoms with Crippen molar-refractivity contribution >= 4 is 29.0 Å². The quantitative estimate of drug-likeness (QED) is 0.845. The number of rotatable bonds is 4. The first-order chi connectivity index (χ1) is 11.5. The number of allylic oxidation sites excluding steroid dienone is 2. The van der Waals surface area contributed by atoms with Crippen molar-refractivity contribution in [2.75, 3.05) is 18.0 Å². The van der Waals surface area contributed by atoms with Crippen LogP contribution in [0.4, 0.5) is 5.69 Å². The van der Waals surface area contributed by atoms with Crippen molar-refractivity contribution in [2.24, 2.45) is 5.92 Å². The smallest absolute Gasteiger partial charge is 0.335 e. The van der Waals surface area contributed by atoms with Crippen LogP contribution >= 0.6 is 12.2 Å². The van der Waals surface area contributed by atoms with Crippen LogP contribution in [0.5, 0.6) is 0 Å². The molecule has 0 bridgehead atoms. The fourth-order valence-corrected chi connectivity index (χ4v) is 3.62. The third-order valence-corrected chi connectivity index (χ3v) is 5.07. The molecule has 0 amide bonds. The van der Waals surface area contributed by atoms with Crippen LogP contribution in [-0.2, 0) is 0 Å². The summed E-state index contributed by atoms with van der Waals surface area (Å²) >= 11 is 5.66. The molecule has 2 aliphatic rings. The SMILES string of the molecule is CC(C)C1=CCC(N2CCN(c3cccc(C(=O)O)c3)C2=S)C=C1. The maximum atomic E-state index is 11.2. The van der Waals surface area contributed by atoms with Gasteiger partial charge in [-0.25, -0.2) is 4.79 Å². The Morgan fingerprint density at radius 1 is 1.33 bits per heavy atom. The number of hydrogen-bond donors (Lipinski definition) is 1. The Hall–Kier alpha value is -2.14. The highest BCUT2D eigenvalue weighted by molar-refractivity contribution is 7.80. The Morgan fingerprint density at radius 2 is 2.12 bits per heavy atom. The molecule has 1 aromatic rings. The zero-order valence-corrected chi connectivity index (χ0v) is 14.8. The maximum Gasteiger partial charge on any atom is 0.335 e. The van der Waals surface area contributed by atoms with Crippen LogP contribution in [0.3, 0.4) is 0 Å². The fourth-order valence-electron chi connectivity index (χ4n) is 3.19. The van der Waals surface area contributed by atoms with Crippen LogP contribution in [0, 0.1) is 5.92 Å². The van der Waals surface area contributed by atoms with E-state index in [1.54, 1.807) is 18.2 Å². The molecule has 0 spiro atoms. The Morgan fingerprint density at radius 3 is 2.75 bits per heavy atom. The number of carbonyl (C=O) groups is 1. The van der Waals surface area contributed by atoms with Gasteiger partial charge in [0.25, 0.3) is 0 Å². The van der Waals surface area contributed by atoms with Gasteiger partial charge in [-0.3, -0.25) is 0 Å². The molecular formula is C19H22N2O2S. The Balaban J connectivity index is 1.73. The van der Waals surface area contributed by atoms with Gasteiger partial charge in [-0.15, -0.1) is 0 Å². The molecule has 5 heteroatoms. The minimum atomic E-state index is -0.916. The molecule has 126 valence electrons. The summed E-state index contributed by atoms with van der Waals surface area (Å²) in [5.74, 6) is -0.372. The Labute approximate surface area is 148 Å². The molecule has 1 aliphatic heterocycles. The van der Waals surface area contributed by atoms with Crippen LogP contribution < -0.4 is 4.90 Å². The molecule has 1 heterocycles. The van der Waals surface area contributed by atoms with E-state index in [1.165, 1.54) is 5.57 Å². The van der Waals surface area contributed by atoms with E-state index in [-0.39, 0.29) is 11.6 Å². The zero-order valence-electron chi connectivity index (χ0n) is 14.0. The van der Waals surface area contributed by atoms with Crippen molar-refractivity contribution in [1.29, 1.82) is 0 Å². The van der Waals surface area contributed by atoms with E-state index < -0.39 is 5.97 Å². The van der Waals surface area contributed by atoms with Crippen molar-refractivity contribution in [3.8, 4) is 0 Å². The first kappa shape index (κ1) is 16.7. The third-order valence-electron chi connectivity index (χ3n) is 4.62. The molecule has 1 fully saturated rings. The topological polar surface area (TPSA) is 43.8 Å². The average Bonchev–Trinajstić information content (AvgIpc) is 2.96. The zero-order chi connectivity index (χ0) is 17.3. The number of aromatic carboxylic acids is 1. The van der Waals surface area contributed by atoms with E-state index >= 15 is 0 Å². The van der Waals surface area contributed by atoms with Gasteiger partial charge in [0.15, 0.2) is 5.11 Å². The molecule has 1 atom stereocenters. The summed E-state index contributed by atoms with van der Waals surface area (Å²) in [6.45, 7) is 6.05. The second-order valence-electron chi connectivity index (χ2n) is 6.50. The molecule has 3 rings (SSSR count). The highest BCUT2D eigenvalue weighted by Crippen LogP contribution is 2.27. The van der Waals surface area contributed by atoms with Gasteiger partial charge >= 0.3 is 5.97 Å². The molecule has 1 N–H and O–H groups in total. The van der Waals surface area contributed by atoms with E-state index in [2.05, 4.69) is 37.0 Å². The largest absolute Gasteiger partial charge is 0.478 e. The number of carboxylic acids is 1. The molecule has 1 aromatic carbocycles. The first-order valence-electron chi connectivity index (χ1n) is 8.27. The van der Waals surface area contributed by atoms with Crippen LogP contribution in [0.1, 0.15) is 30.6 Å². The lowest BCUT2D eigenvalue weighted by atomic mass is 9.94. The van der Waals surface area contributed by atoms with Gasteiger partial charge in [-0.2, -0.15) is 0 Å². The van der Waals surface area contributed by atoms with E-state index in [0.717, 1.165) is 30.3 Å². The van der Waals surface area contributed by atoms with Gasteiger partial charge in [0.05, 0.1) is 11.6 Å². The van der Waals surface area contributed by atoms with Crippen molar-refractivity contribution in [2.45, 2.75) is 26.3 Å². The summed E-state index contributed by atoms with van der Waals surface area (Å²) in [7, 11) is 0. The standard InChI is InChI=1S/C19H22N2O2S/c1-13(2)14-6-8-16(9-7-14)20-10-11-21(19(20)24)17-5-3-4-15(12-17)18(22)23/h3-8,12-13,16H,9-11H2,1-2H3,(H,22,23). The Bertz CT molecular complexity index is 724. The fraction of sp³-hybridized carbons (Fsp3) is 0.368. The minimum absolute atomic E-state index is 0.285. The summed E-state index contributed by atoms with van der Waals surface area (Å²) in [5, 5.41) is 9.94. The van der Waals surface area contributed by atoms with Crippen LogP contribution in [0.25, 0.3) is 0 Å². The summed E-state index contributed by atoms with van der Waals surface area (Å²) < 4.78 is 0. The maximum absolute atomic E-state index is 11.2. The number of carboxylic acid groups (broad SMARTS) is 1. The second-order valence-corrected chi connectivity index (χ2v) is 6.87. The van der Waals surface area contributed by atoms with Gasteiger partial charge in [-0.05, 0) is 48.3 Å². The number of anilines is 1. The second kappa shape index (κ2) is 6.77. The van der Waals surface area contributed by atoms with E-state index in [0.29, 0.717) is 5.92 Å². The molecule has 24 heavy (non-hydrogen) atoms. The van der Waals surface area contributed by atoms with Gasteiger partial charge in [0.1, 0.15) is 0 Å². The van der Waals surface area contributed by atoms with Crippen molar-refractivity contribution in [3.63, 3.8) is 0 Å². The summed E-state index contributed by atoms with van der Waals surface area (Å²) in [6.07, 6.45) is 7.70. The van der Waals surface area contributed by atoms with Crippen molar-refractivity contribution in [3.05, 3.63) is 53.6 Å². The van der Waals surface area contributed by atoms with Gasteiger partial charge in [0.2, 0.25) is 0 Å². The van der Waals surface area contributed by atoms with Crippen LogP contribution in [-0.4, -0.2) is 40.2 Å². The van der Waals surface area contributed by atoms with Crippen LogP contribution in [0.2, 0.25) is 0 Å². The highest BCUT2D eigenvalue weighted by Gasteiger charge is 2.31. The predicted octanol–water partition coefficient (Wildman–Crippen LogP) is 3.70. The van der Waals surface area contributed by atoms with E-state index in [4.69, 9.17) is 17.3 Å². The lowest BCUT2D eigenvalue weighted by Gasteiger charge is -2.30. The molecule has 0 radical (unpaired) electrons. The van der Waals surface area contributed by atoms with Crippen molar-refractivity contribution in [1.82, 2.24) is 4.90 Å². The van der Waals surface area contributed by atoms with E-state index in [9.17, 15) is 4.79 Å². The molecular weight excluding hydrogens is 320 g/mol. The van der Waals surface area contributed by atoms with Crippen molar-refractivity contribution < 1.29 is 9.90 Å². The third kappa shape index (κ3) is 3.22. The van der Waals surface area contributed by atoms with Gasteiger partial charge in [0, 0.05) is 18.8 Å². The number of benzene rings is 1. The first-order valence-corrected chi connectivity index (χ1v) is 8.68. The number of nitrogens with zero attached hydrogens (tertiary/aromatic N) is 2. The summed E-state index contributed by atoms with van der Waals surface area (Å²) in [4.78, 5) is 15.4. The Kier molecular flexibility index (Phi) is 4.71. The lowest BCUT2D eigenvalue weighted by Crippen LogP contribution is -2.38. The monoisotopic (exact) mass is 342 g/mol. The van der Waals surface area contributed by atoms with Gasteiger partial charge < -0.3 is 14.9 Å². The van der Waals surface area contributed by atoms with Gasteiger partial charge in [-0.1, -0.05) is 38.1 Å². The normalized spacial score (nSPS) is 20.7. The van der Waals surface area contributed by atoms with Crippen LogP contribution in [0.15, 0.2) is 48.1 Å².